The van der Waals surface area contributed by atoms with E-state index in [9.17, 15) is 0 Å². The Kier molecular flexibility index (Phi) is 19.4. The predicted octanol–water partition coefficient (Wildman–Crippen LogP) is 6.97. The number of hydrogen-bond donors (Lipinski definition) is 2. The van der Waals surface area contributed by atoms with Crippen LogP contribution < -0.4 is 0 Å². The predicted molar refractivity (Wildman–Crippen MR) is 168 cm³/mol. The molecule has 0 aromatic carbocycles. The Morgan fingerprint density at radius 3 is 1.62 bits per heavy atom. The highest BCUT2D eigenvalue weighted by molar-refractivity contribution is 6.88. The minimum absolute atomic E-state index is 0.0701. The van der Waals surface area contributed by atoms with Gasteiger partial charge in [-0.2, -0.15) is 0 Å². The molecule has 37 heavy (non-hydrogen) atoms. The normalized spacial score (nSPS) is 17.1. The van der Waals surface area contributed by atoms with E-state index in [1.807, 2.05) is 0 Å². The zero-order valence-electron chi connectivity index (χ0n) is 26.0. The quantitative estimate of drug-likeness (QED) is 0.0690. The van der Waals surface area contributed by atoms with Crippen molar-refractivity contribution in [3.05, 3.63) is 0 Å². The molecule has 0 aliphatic heterocycles. The maximum atomic E-state index is 9.05. The first-order chi connectivity index (χ1) is 17.0. The summed E-state index contributed by atoms with van der Waals surface area (Å²) in [4.78, 5) is 0. The van der Waals surface area contributed by atoms with Crippen molar-refractivity contribution < 1.29 is 31.4 Å². The van der Waals surface area contributed by atoms with E-state index in [-0.39, 0.29) is 6.61 Å². The summed E-state index contributed by atoms with van der Waals surface area (Å²) in [7, 11) is -10.4. The van der Waals surface area contributed by atoms with E-state index >= 15 is 0 Å². The van der Waals surface area contributed by atoms with Crippen LogP contribution in [0.25, 0.3) is 0 Å². The van der Waals surface area contributed by atoms with Gasteiger partial charge in [0.1, 0.15) is 0 Å². The summed E-state index contributed by atoms with van der Waals surface area (Å²) in [6.07, 6.45) is 11.0. The van der Waals surface area contributed by atoms with Crippen molar-refractivity contribution in [3.63, 3.8) is 0 Å². The van der Waals surface area contributed by atoms with Gasteiger partial charge in [-0.15, -0.1) is 0 Å². The molecule has 3 atom stereocenters. The Balaban J connectivity index is 5.24. The smallest absolute Gasteiger partial charge is 0.317 e. The molecule has 2 N–H and O–H groups in total. The highest BCUT2D eigenvalue weighted by Crippen LogP contribution is 2.30. The molecule has 0 saturated carbocycles. The fourth-order valence-corrected chi connectivity index (χ4v) is 25.5. The summed E-state index contributed by atoms with van der Waals surface area (Å²) in [5.74, 6) is 0. The number of hydrogen-bond acceptors (Lipinski definition) is 7. The first-order valence-electron chi connectivity index (χ1n) is 14.7. The molecule has 7 nitrogen and oxygen atoms in total. The lowest BCUT2D eigenvalue weighted by Crippen LogP contribution is -2.57. The van der Waals surface area contributed by atoms with Gasteiger partial charge >= 0.3 is 17.1 Å². The second kappa shape index (κ2) is 19.0. The summed E-state index contributed by atoms with van der Waals surface area (Å²) >= 11 is 0. The lowest BCUT2D eigenvalue weighted by atomic mass is 10.1. The second-order valence-electron chi connectivity index (χ2n) is 12.7. The molecule has 0 saturated heterocycles. The molecule has 0 aliphatic rings. The largest absolute Gasteiger partial charge is 0.439 e. The molecular weight excluding hydrogens is 553 g/mol. The molecule has 0 amide bonds. The Morgan fingerprint density at radius 2 is 1.14 bits per heavy atom. The molecule has 3 unspecified atom stereocenters. The van der Waals surface area contributed by atoms with Gasteiger partial charge in [0.2, 0.25) is 0 Å². The van der Waals surface area contributed by atoms with E-state index in [1.54, 1.807) is 0 Å². The van der Waals surface area contributed by atoms with Crippen molar-refractivity contribution in [2.75, 3.05) is 13.2 Å². The Hall–Kier alpha value is 0.804. The molecule has 0 bridgehead atoms. The highest BCUT2D eigenvalue weighted by Gasteiger charge is 2.45. The lowest BCUT2D eigenvalue weighted by Gasteiger charge is -2.42. The first kappa shape index (κ1) is 37.8. The van der Waals surface area contributed by atoms with Crippen molar-refractivity contribution in [3.8, 4) is 0 Å². The zero-order chi connectivity index (χ0) is 28.6. The van der Waals surface area contributed by atoms with Gasteiger partial charge in [0.05, 0.1) is 6.61 Å². The summed E-state index contributed by atoms with van der Waals surface area (Å²) in [5, 5.41) is 18.1. The number of aliphatic hydroxyl groups excluding tert-OH is 1. The van der Waals surface area contributed by atoms with Crippen LogP contribution in [0.3, 0.4) is 0 Å². The van der Waals surface area contributed by atoms with Crippen LogP contribution in [-0.2, 0) is 21.2 Å². The van der Waals surface area contributed by atoms with Gasteiger partial charge in [-0.1, -0.05) is 64.7 Å². The Morgan fingerprint density at radius 1 is 0.622 bits per heavy atom. The molecule has 224 valence electrons. The first-order valence-corrected chi connectivity index (χ1v) is 28.7. The van der Waals surface area contributed by atoms with Crippen LogP contribution in [0.4, 0.5) is 0 Å². The van der Waals surface area contributed by atoms with Crippen LogP contribution in [-0.4, -0.2) is 72.8 Å². The molecule has 0 aromatic rings. The SMILES string of the molecule is CCCCCCCCCCC[Si](C)(O[SiH](C)O[Si](C)(C)C)O[Si](C)(CCCOCC(O)O)O[Si](C)(C)C. The van der Waals surface area contributed by atoms with E-state index in [4.69, 9.17) is 31.4 Å². The van der Waals surface area contributed by atoms with Gasteiger partial charge < -0.3 is 31.4 Å². The van der Waals surface area contributed by atoms with Crippen molar-refractivity contribution >= 4 is 43.0 Å². The molecule has 0 heterocycles. The number of aliphatic hydroxyl groups is 2. The van der Waals surface area contributed by atoms with E-state index in [0.717, 1.165) is 24.9 Å². The highest BCUT2D eigenvalue weighted by atomic mass is 28.5. The van der Waals surface area contributed by atoms with Crippen LogP contribution in [0, 0.1) is 0 Å². The molecule has 0 fully saturated rings. The minimum atomic E-state index is -2.55. The van der Waals surface area contributed by atoms with Crippen LogP contribution in [0.5, 0.6) is 0 Å². The van der Waals surface area contributed by atoms with Gasteiger partial charge in [-0.25, -0.2) is 0 Å². The fourth-order valence-electron chi connectivity index (χ4n) is 4.68. The van der Waals surface area contributed by atoms with Crippen LogP contribution >= 0.6 is 0 Å². The Bertz CT molecular complexity index is 575. The summed E-state index contributed by atoms with van der Waals surface area (Å²) < 4.78 is 32.4. The molecule has 0 aliphatic carbocycles. The third kappa shape index (κ3) is 23.2. The topological polar surface area (TPSA) is 86.6 Å². The average Bonchev–Trinajstić information content (AvgIpc) is 2.68. The van der Waals surface area contributed by atoms with Crippen molar-refractivity contribution in [1.82, 2.24) is 0 Å². The fraction of sp³-hybridized carbons (Fsp3) is 1.00. The maximum Gasteiger partial charge on any atom is 0.317 e. The third-order valence-electron chi connectivity index (χ3n) is 5.81. The molecule has 0 rings (SSSR count). The van der Waals surface area contributed by atoms with Gasteiger partial charge in [-0.3, -0.25) is 0 Å². The van der Waals surface area contributed by atoms with Gasteiger partial charge in [-0.05, 0) is 77.4 Å². The summed E-state index contributed by atoms with van der Waals surface area (Å²) in [5.41, 5.74) is 0. The van der Waals surface area contributed by atoms with Crippen molar-refractivity contribution in [2.45, 2.75) is 148 Å². The molecule has 0 radical (unpaired) electrons. The van der Waals surface area contributed by atoms with E-state index in [0.29, 0.717) is 6.61 Å². The molecule has 12 heteroatoms. The molecular formula is C25H62O7Si5. The zero-order valence-corrected chi connectivity index (χ0v) is 31.1. The van der Waals surface area contributed by atoms with E-state index in [2.05, 4.69) is 65.8 Å². The maximum absolute atomic E-state index is 9.05. The van der Waals surface area contributed by atoms with Gasteiger partial charge in [0.15, 0.2) is 22.9 Å². The third-order valence-corrected chi connectivity index (χ3v) is 23.4. The Labute approximate surface area is 235 Å². The van der Waals surface area contributed by atoms with E-state index in [1.165, 1.54) is 51.4 Å². The molecule has 0 aromatic heterocycles. The minimum Gasteiger partial charge on any atom is -0.439 e. The number of unbranched alkanes of at least 4 members (excludes halogenated alkanes) is 8. The standard InChI is InChI=1S/C25H62O7Si5/c1-11-12-13-14-15-16-17-18-19-22-36(9,30-33(2)29-34(3,4)5)32-37(10,31-35(6,7)8)23-20-21-28-24-25(26)27/h25-27,33H,11-24H2,1-10H3. The summed E-state index contributed by atoms with van der Waals surface area (Å²) in [6, 6.07) is 1.77. The second-order valence-corrected chi connectivity index (χ2v) is 31.4. The van der Waals surface area contributed by atoms with Crippen LogP contribution in [0.2, 0.25) is 71.0 Å². The van der Waals surface area contributed by atoms with Crippen molar-refractivity contribution in [1.29, 1.82) is 0 Å². The number of rotatable bonds is 24. The lowest BCUT2D eigenvalue weighted by molar-refractivity contribution is -0.0945. The summed E-state index contributed by atoms with van der Waals surface area (Å²) in [6.45, 7) is 22.5. The number of ether oxygens (including phenoxy) is 1. The van der Waals surface area contributed by atoms with E-state index < -0.39 is 49.3 Å². The van der Waals surface area contributed by atoms with Crippen LogP contribution in [0.1, 0.15) is 71.1 Å². The van der Waals surface area contributed by atoms with Crippen LogP contribution in [0.15, 0.2) is 0 Å². The average molecular weight is 615 g/mol. The van der Waals surface area contributed by atoms with Crippen molar-refractivity contribution in [2.24, 2.45) is 0 Å². The monoisotopic (exact) mass is 614 g/mol. The molecule has 0 spiro atoms. The van der Waals surface area contributed by atoms with Gasteiger partial charge in [0.25, 0.3) is 9.28 Å². The van der Waals surface area contributed by atoms with Gasteiger partial charge in [0, 0.05) is 6.61 Å².